The summed E-state index contributed by atoms with van der Waals surface area (Å²) in [6.45, 7) is 5.91. The average molecular weight is 227 g/mol. The van der Waals surface area contributed by atoms with Crippen molar-refractivity contribution >= 4 is 17.2 Å². The van der Waals surface area contributed by atoms with Crippen LogP contribution in [0.1, 0.15) is 24.5 Å². The van der Waals surface area contributed by atoms with Gasteiger partial charge in [-0.25, -0.2) is 4.98 Å². The molecule has 1 heterocycles. The highest BCUT2D eigenvalue weighted by atomic mass is 32.1. The number of amides is 1. The maximum Gasteiger partial charge on any atom is 0.228 e. The van der Waals surface area contributed by atoms with Gasteiger partial charge in [-0.05, 0) is 13.8 Å². The molecule has 2 N–H and O–H groups in total. The zero-order valence-electron chi connectivity index (χ0n) is 9.19. The summed E-state index contributed by atoms with van der Waals surface area (Å²) in [5.41, 5.74) is 6.29. The summed E-state index contributed by atoms with van der Waals surface area (Å²) in [6, 6.07) is 0. The van der Waals surface area contributed by atoms with Crippen molar-refractivity contribution in [3.63, 3.8) is 0 Å². The quantitative estimate of drug-likeness (QED) is 0.816. The molecule has 84 valence electrons. The summed E-state index contributed by atoms with van der Waals surface area (Å²) in [5, 5.41) is 2.79. The number of thiazole rings is 1. The fraction of sp³-hybridized carbons (Fsp3) is 0.600. The second-order valence-corrected chi connectivity index (χ2v) is 4.12. The highest BCUT2D eigenvalue weighted by Gasteiger charge is 2.12. The number of nitrogens with zero attached hydrogens (tertiary/aromatic N) is 2. The molecule has 0 saturated carbocycles. The Bertz CT molecular complexity index is 320. The Morgan fingerprint density at radius 1 is 1.53 bits per heavy atom. The molecule has 0 radical (unpaired) electrons. The molecule has 0 atom stereocenters. The average Bonchev–Trinajstić information content (AvgIpc) is 2.67. The molecule has 4 nitrogen and oxygen atoms in total. The van der Waals surface area contributed by atoms with Crippen LogP contribution in [0, 0.1) is 0 Å². The molecule has 0 unspecified atom stereocenters. The predicted molar refractivity (Wildman–Crippen MR) is 61.6 cm³/mol. The highest BCUT2D eigenvalue weighted by Crippen LogP contribution is 2.10. The number of hydrogen-bond donors (Lipinski definition) is 1. The van der Waals surface area contributed by atoms with Crippen molar-refractivity contribution in [2.75, 3.05) is 13.1 Å². The van der Waals surface area contributed by atoms with Gasteiger partial charge in [-0.1, -0.05) is 0 Å². The first-order valence-electron chi connectivity index (χ1n) is 5.12. The van der Waals surface area contributed by atoms with Crippen LogP contribution >= 0.6 is 11.3 Å². The van der Waals surface area contributed by atoms with Crippen LogP contribution in [0.3, 0.4) is 0 Å². The Kier molecular flexibility index (Phi) is 4.71. The van der Waals surface area contributed by atoms with Crippen molar-refractivity contribution in [1.29, 1.82) is 0 Å². The third-order valence-corrected chi connectivity index (χ3v) is 3.14. The first-order chi connectivity index (χ1) is 7.21. The number of rotatable bonds is 5. The topological polar surface area (TPSA) is 59.2 Å². The zero-order valence-corrected chi connectivity index (χ0v) is 10.0. The van der Waals surface area contributed by atoms with Gasteiger partial charge in [0.2, 0.25) is 5.91 Å². The molecular formula is C10H17N3OS. The SMILES string of the molecule is CCN(CC)C(=O)Cc1csc(CN)n1. The van der Waals surface area contributed by atoms with Crippen molar-refractivity contribution in [2.45, 2.75) is 26.8 Å². The lowest BCUT2D eigenvalue weighted by Gasteiger charge is -2.17. The third-order valence-electron chi connectivity index (χ3n) is 2.22. The standard InChI is InChI=1S/C10H17N3OS/c1-3-13(4-2)10(14)5-8-7-15-9(6-11)12-8/h7H,3-6,11H2,1-2H3. The molecule has 0 aliphatic carbocycles. The van der Waals surface area contributed by atoms with E-state index in [-0.39, 0.29) is 5.91 Å². The van der Waals surface area contributed by atoms with Crippen molar-refractivity contribution in [1.82, 2.24) is 9.88 Å². The fourth-order valence-electron chi connectivity index (χ4n) is 1.37. The van der Waals surface area contributed by atoms with Crippen molar-refractivity contribution in [3.05, 3.63) is 16.1 Å². The van der Waals surface area contributed by atoms with Gasteiger partial charge < -0.3 is 10.6 Å². The van der Waals surface area contributed by atoms with E-state index in [0.29, 0.717) is 13.0 Å². The molecule has 5 heteroatoms. The lowest BCUT2D eigenvalue weighted by atomic mass is 10.3. The smallest absolute Gasteiger partial charge is 0.228 e. The molecule has 1 aromatic rings. The molecular weight excluding hydrogens is 210 g/mol. The third kappa shape index (κ3) is 3.28. The van der Waals surface area contributed by atoms with E-state index in [1.807, 2.05) is 24.1 Å². The summed E-state index contributed by atoms with van der Waals surface area (Å²) in [7, 11) is 0. The molecule has 1 rings (SSSR count). The lowest BCUT2D eigenvalue weighted by molar-refractivity contribution is -0.130. The van der Waals surface area contributed by atoms with Gasteiger partial charge in [-0.15, -0.1) is 11.3 Å². The van der Waals surface area contributed by atoms with Gasteiger partial charge in [0.05, 0.1) is 12.1 Å². The van der Waals surface area contributed by atoms with Crippen molar-refractivity contribution < 1.29 is 4.79 Å². The maximum absolute atomic E-state index is 11.7. The van der Waals surface area contributed by atoms with Gasteiger partial charge >= 0.3 is 0 Å². The molecule has 0 aliphatic rings. The van der Waals surface area contributed by atoms with E-state index in [1.54, 1.807) is 0 Å². The van der Waals surface area contributed by atoms with Crippen LogP contribution in [0.15, 0.2) is 5.38 Å². The van der Waals surface area contributed by atoms with E-state index in [9.17, 15) is 4.79 Å². The normalized spacial score (nSPS) is 10.3. The van der Waals surface area contributed by atoms with Gasteiger partial charge in [0.25, 0.3) is 0 Å². The summed E-state index contributed by atoms with van der Waals surface area (Å²) in [4.78, 5) is 17.8. The van der Waals surface area contributed by atoms with Gasteiger partial charge in [0.1, 0.15) is 5.01 Å². The number of carbonyl (C=O) groups is 1. The van der Waals surface area contributed by atoms with Crippen LogP contribution < -0.4 is 5.73 Å². The molecule has 0 aromatic carbocycles. The fourth-order valence-corrected chi connectivity index (χ4v) is 2.04. The van der Waals surface area contributed by atoms with E-state index < -0.39 is 0 Å². The van der Waals surface area contributed by atoms with Crippen molar-refractivity contribution in [2.24, 2.45) is 5.73 Å². The molecule has 0 saturated heterocycles. The van der Waals surface area contributed by atoms with E-state index in [4.69, 9.17) is 5.73 Å². The second kappa shape index (κ2) is 5.82. The Labute approximate surface area is 94.1 Å². The first-order valence-corrected chi connectivity index (χ1v) is 6.00. The van der Waals surface area contributed by atoms with Crippen LogP contribution in [0.25, 0.3) is 0 Å². The summed E-state index contributed by atoms with van der Waals surface area (Å²) < 4.78 is 0. The van der Waals surface area contributed by atoms with E-state index in [1.165, 1.54) is 11.3 Å². The Morgan fingerprint density at radius 3 is 2.67 bits per heavy atom. The van der Waals surface area contributed by atoms with Crippen LogP contribution in [0.4, 0.5) is 0 Å². The van der Waals surface area contributed by atoms with Crippen LogP contribution in [-0.4, -0.2) is 28.9 Å². The van der Waals surface area contributed by atoms with Crippen LogP contribution in [0.5, 0.6) is 0 Å². The van der Waals surface area contributed by atoms with Gasteiger partial charge in [0.15, 0.2) is 0 Å². The first kappa shape index (κ1) is 12.1. The summed E-state index contributed by atoms with van der Waals surface area (Å²) >= 11 is 1.51. The largest absolute Gasteiger partial charge is 0.343 e. The Hall–Kier alpha value is -0.940. The Balaban J connectivity index is 2.57. The van der Waals surface area contributed by atoms with E-state index in [2.05, 4.69) is 4.98 Å². The highest BCUT2D eigenvalue weighted by molar-refractivity contribution is 7.09. The van der Waals surface area contributed by atoms with E-state index >= 15 is 0 Å². The van der Waals surface area contributed by atoms with Gasteiger partial charge in [-0.3, -0.25) is 4.79 Å². The van der Waals surface area contributed by atoms with Crippen LogP contribution in [-0.2, 0) is 17.8 Å². The zero-order chi connectivity index (χ0) is 11.3. The van der Waals surface area contributed by atoms with Gasteiger partial charge in [-0.2, -0.15) is 0 Å². The van der Waals surface area contributed by atoms with Crippen LogP contribution in [0.2, 0.25) is 0 Å². The molecule has 0 bridgehead atoms. The maximum atomic E-state index is 11.7. The number of hydrogen-bond acceptors (Lipinski definition) is 4. The predicted octanol–water partition coefficient (Wildman–Crippen LogP) is 1.01. The number of aromatic nitrogens is 1. The Morgan fingerprint density at radius 2 is 2.20 bits per heavy atom. The lowest BCUT2D eigenvalue weighted by Crippen LogP contribution is -2.31. The number of nitrogens with two attached hydrogens (primary N) is 1. The van der Waals surface area contributed by atoms with Gasteiger partial charge in [0, 0.05) is 25.0 Å². The number of likely N-dealkylation sites (N-methyl/N-ethyl adjacent to an activating group) is 1. The minimum absolute atomic E-state index is 0.133. The monoisotopic (exact) mass is 227 g/mol. The van der Waals surface area contributed by atoms with E-state index in [0.717, 1.165) is 23.8 Å². The molecule has 1 amide bonds. The van der Waals surface area contributed by atoms with Crippen molar-refractivity contribution in [3.8, 4) is 0 Å². The summed E-state index contributed by atoms with van der Waals surface area (Å²) in [5.74, 6) is 0.133. The molecule has 1 aromatic heterocycles. The molecule has 0 fully saturated rings. The summed E-state index contributed by atoms with van der Waals surface area (Å²) in [6.07, 6.45) is 0.387. The second-order valence-electron chi connectivity index (χ2n) is 3.18. The number of carbonyl (C=O) groups excluding carboxylic acids is 1. The minimum atomic E-state index is 0.133. The molecule has 0 aliphatic heterocycles. The minimum Gasteiger partial charge on any atom is -0.343 e. The molecule has 0 spiro atoms. The molecule has 15 heavy (non-hydrogen) atoms.